The molecule has 0 saturated carbocycles. The number of carbonyl (C=O) groups excluding carboxylic acids is 1. The zero-order valence-electron chi connectivity index (χ0n) is 14.8. The first-order valence-corrected chi connectivity index (χ1v) is 8.36. The highest BCUT2D eigenvalue weighted by Crippen LogP contribution is 2.26. The molecule has 2 heterocycles. The maximum Gasteiger partial charge on any atom is 0.346 e. The number of para-hydroxylation sites is 2. The minimum atomic E-state index is -0.448. The number of rotatable bonds is 3. The van der Waals surface area contributed by atoms with E-state index in [1.807, 2.05) is 12.1 Å². The number of fused-ring (bicyclic) bond motifs is 3. The molecule has 1 N–H and O–H groups in total. The van der Waals surface area contributed by atoms with Crippen LogP contribution in [0, 0.1) is 6.92 Å². The van der Waals surface area contributed by atoms with E-state index in [2.05, 4.69) is 10.3 Å². The Bertz CT molecular complexity index is 1240. The number of nitrogens with one attached hydrogen (secondary N) is 1. The summed E-state index contributed by atoms with van der Waals surface area (Å²) in [6, 6.07) is 15.8. The Morgan fingerprint density at radius 3 is 2.67 bits per heavy atom. The predicted octanol–water partition coefficient (Wildman–Crippen LogP) is 3.91. The van der Waals surface area contributed by atoms with E-state index < -0.39 is 5.63 Å². The van der Waals surface area contributed by atoms with Gasteiger partial charge in [-0.25, -0.2) is 9.78 Å². The Balaban J connectivity index is 1.85. The monoisotopic (exact) mass is 360 g/mol. The SMILES string of the molecule is COc1ccccc1C(=O)Nc1cc(C)c2c(=O)oc3ccccc3c2n1. The molecule has 4 aromatic rings. The molecule has 1 amide bonds. The van der Waals surface area contributed by atoms with Gasteiger partial charge in [-0.05, 0) is 42.8 Å². The second-order valence-electron chi connectivity index (χ2n) is 6.09. The molecular formula is C21H16N2O4. The molecule has 0 fully saturated rings. The van der Waals surface area contributed by atoms with Crippen molar-refractivity contribution in [1.29, 1.82) is 0 Å². The summed E-state index contributed by atoms with van der Waals surface area (Å²) >= 11 is 0. The molecule has 0 bridgehead atoms. The number of hydrogen-bond acceptors (Lipinski definition) is 5. The number of benzene rings is 2. The summed E-state index contributed by atoms with van der Waals surface area (Å²) in [5, 5.41) is 3.91. The first-order chi connectivity index (χ1) is 13.1. The Labute approximate surface area is 154 Å². The Morgan fingerprint density at radius 2 is 1.85 bits per heavy atom. The summed E-state index contributed by atoms with van der Waals surface area (Å²) in [6.07, 6.45) is 0. The lowest BCUT2D eigenvalue weighted by atomic mass is 10.1. The first-order valence-electron chi connectivity index (χ1n) is 8.36. The molecule has 0 saturated heterocycles. The van der Waals surface area contributed by atoms with Gasteiger partial charge in [0, 0.05) is 5.39 Å². The van der Waals surface area contributed by atoms with Crippen LogP contribution in [-0.4, -0.2) is 18.0 Å². The molecule has 2 aromatic carbocycles. The van der Waals surface area contributed by atoms with Crippen LogP contribution < -0.4 is 15.7 Å². The van der Waals surface area contributed by atoms with Crippen molar-refractivity contribution < 1.29 is 13.9 Å². The van der Waals surface area contributed by atoms with E-state index in [4.69, 9.17) is 9.15 Å². The van der Waals surface area contributed by atoms with Crippen molar-refractivity contribution in [3.63, 3.8) is 0 Å². The van der Waals surface area contributed by atoms with Crippen molar-refractivity contribution in [1.82, 2.24) is 4.98 Å². The maximum atomic E-state index is 12.7. The number of anilines is 1. The standard InChI is InChI=1S/C21H16N2O4/c1-12-11-17(23-20(24)14-8-4-5-9-15(14)26-2)22-19-13-7-3-6-10-16(13)27-21(25)18(12)19/h3-11H,1-2H3,(H,22,23,24). The van der Waals surface area contributed by atoms with Crippen LogP contribution in [0.5, 0.6) is 5.75 Å². The van der Waals surface area contributed by atoms with Crippen LogP contribution in [-0.2, 0) is 0 Å². The van der Waals surface area contributed by atoms with Gasteiger partial charge in [0.1, 0.15) is 17.2 Å². The lowest BCUT2D eigenvalue weighted by Gasteiger charge is -2.11. The average Bonchev–Trinajstić information content (AvgIpc) is 2.67. The average molecular weight is 360 g/mol. The van der Waals surface area contributed by atoms with E-state index >= 15 is 0 Å². The lowest BCUT2D eigenvalue weighted by Crippen LogP contribution is -2.15. The van der Waals surface area contributed by atoms with Crippen molar-refractivity contribution in [2.75, 3.05) is 12.4 Å². The predicted molar refractivity (Wildman–Crippen MR) is 103 cm³/mol. The van der Waals surface area contributed by atoms with Gasteiger partial charge < -0.3 is 14.5 Å². The molecule has 0 aliphatic rings. The van der Waals surface area contributed by atoms with E-state index in [-0.39, 0.29) is 5.91 Å². The van der Waals surface area contributed by atoms with Crippen LogP contribution in [0.2, 0.25) is 0 Å². The number of aryl methyl sites for hydroxylation is 1. The van der Waals surface area contributed by atoms with Crippen LogP contribution in [0.25, 0.3) is 21.9 Å². The zero-order valence-corrected chi connectivity index (χ0v) is 14.8. The van der Waals surface area contributed by atoms with Crippen LogP contribution in [0.3, 0.4) is 0 Å². The number of methoxy groups -OCH3 is 1. The molecule has 0 atom stereocenters. The van der Waals surface area contributed by atoms with Gasteiger partial charge in [0.05, 0.1) is 23.6 Å². The van der Waals surface area contributed by atoms with Crippen LogP contribution >= 0.6 is 0 Å². The number of pyridine rings is 1. The van der Waals surface area contributed by atoms with Crippen molar-refractivity contribution >= 4 is 33.6 Å². The molecule has 6 nitrogen and oxygen atoms in total. The molecule has 0 aliphatic carbocycles. The summed E-state index contributed by atoms with van der Waals surface area (Å²) < 4.78 is 10.6. The Hall–Kier alpha value is -3.67. The minimum Gasteiger partial charge on any atom is -0.496 e. The summed E-state index contributed by atoms with van der Waals surface area (Å²) in [5.41, 5.74) is 1.58. The fraction of sp³-hybridized carbons (Fsp3) is 0.0952. The highest BCUT2D eigenvalue weighted by atomic mass is 16.5. The van der Waals surface area contributed by atoms with E-state index in [0.29, 0.717) is 44.6 Å². The van der Waals surface area contributed by atoms with E-state index in [9.17, 15) is 9.59 Å². The van der Waals surface area contributed by atoms with Crippen molar-refractivity contribution in [2.45, 2.75) is 6.92 Å². The number of aromatic nitrogens is 1. The number of hydrogen-bond donors (Lipinski definition) is 1. The second-order valence-corrected chi connectivity index (χ2v) is 6.09. The fourth-order valence-electron chi connectivity index (χ4n) is 3.11. The third-order valence-corrected chi connectivity index (χ3v) is 4.36. The van der Waals surface area contributed by atoms with Gasteiger partial charge in [-0.15, -0.1) is 0 Å². The molecule has 0 unspecified atom stereocenters. The van der Waals surface area contributed by atoms with Gasteiger partial charge in [-0.1, -0.05) is 24.3 Å². The Kier molecular flexibility index (Phi) is 4.08. The molecule has 2 aromatic heterocycles. The summed E-state index contributed by atoms with van der Waals surface area (Å²) in [7, 11) is 1.51. The zero-order chi connectivity index (χ0) is 19.0. The van der Waals surface area contributed by atoms with E-state index in [0.717, 1.165) is 0 Å². The van der Waals surface area contributed by atoms with Gasteiger partial charge in [0.15, 0.2) is 0 Å². The van der Waals surface area contributed by atoms with Crippen LogP contribution in [0.1, 0.15) is 15.9 Å². The van der Waals surface area contributed by atoms with Gasteiger partial charge in [-0.3, -0.25) is 4.79 Å². The highest BCUT2D eigenvalue weighted by Gasteiger charge is 2.16. The van der Waals surface area contributed by atoms with Crippen molar-refractivity contribution in [3.05, 3.63) is 76.1 Å². The maximum absolute atomic E-state index is 12.7. The lowest BCUT2D eigenvalue weighted by molar-refractivity contribution is 0.102. The molecule has 4 rings (SSSR count). The van der Waals surface area contributed by atoms with E-state index in [1.165, 1.54) is 7.11 Å². The number of ether oxygens (including phenoxy) is 1. The normalized spacial score (nSPS) is 10.9. The molecule has 0 aliphatic heterocycles. The third kappa shape index (κ3) is 2.91. The van der Waals surface area contributed by atoms with E-state index in [1.54, 1.807) is 49.4 Å². The largest absolute Gasteiger partial charge is 0.496 e. The minimum absolute atomic E-state index is 0.342. The molecule has 134 valence electrons. The fourth-order valence-corrected chi connectivity index (χ4v) is 3.11. The van der Waals surface area contributed by atoms with Crippen LogP contribution in [0.4, 0.5) is 5.82 Å². The number of amides is 1. The topological polar surface area (TPSA) is 81.4 Å². The summed E-state index contributed by atoms with van der Waals surface area (Å²) in [4.78, 5) is 29.5. The quantitative estimate of drug-likeness (QED) is 0.442. The van der Waals surface area contributed by atoms with Crippen molar-refractivity contribution in [3.8, 4) is 5.75 Å². The second kappa shape index (κ2) is 6.57. The smallest absolute Gasteiger partial charge is 0.346 e. The molecule has 27 heavy (non-hydrogen) atoms. The summed E-state index contributed by atoms with van der Waals surface area (Å²) in [5.74, 6) is 0.483. The number of nitrogens with zero attached hydrogens (tertiary/aromatic N) is 1. The van der Waals surface area contributed by atoms with Gasteiger partial charge in [-0.2, -0.15) is 0 Å². The van der Waals surface area contributed by atoms with Gasteiger partial charge >= 0.3 is 5.63 Å². The van der Waals surface area contributed by atoms with Crippen molar-refractivity contribution in [2.24, 2.45) is 0 Å². The number of carbonyl (C=O) groups is 1. The molecule has 0 spiro atoms. The van der Waals surface area contributed by atoms with Gasteiger partial charge in [0.25, 0.3) is 5.91 Å². The summed E-state index contributed by atoms with van der Waals surface area (Å²) in [6.45, 7) is 1.79. The Morgan fingerprint density at radius 1 is 1.11 bits per heavy atom. The van der Waals surface area contributed by atoms with Crippen LogP contribution in [0.15, 0.2) is 63.8 Å². The first kappa shape index (κ1) is 16.8. The molecular weight excluding hydrogens is 344 g/mol. The van der Waals surface area contributed by atoms with Gasteiger partial charge in [0.2, 0.25) is 0 Å². The third-order valence-electron chi connectivity index (χ3n) is 4.36. The highest BCUT2D eigenvalue weighted by molar-refractivity contribution is 6.08. The molecule has 0 radical (unpaired) electrons. The molecule has 6 heteroatoms.